The molecule has 110 valence electrons. The molecule has 21 heavy (non-hydrogen) atoms. The van der Waals surface area contributed by atoms with E-state index in [4.69, 9.17) is 4.74 Å². The van der Waals surface area contributed by atoms with Crippen LogP contribution in [0, 0.1) is 0 Å². The first-order valence-electron chi connectivity index (χ1n) is 6.56. The summed E-state index contributed by atoms with van der Waals surface area (Å²) in [5.41, 5.74) is 0.161. The Labute approximate surface area is 122 Å². The maximum absolute atomic E-state index is 12.3. The van der Waals surface area contributed by atoms with E-state index in [0.717, 1.165) is 6.07 Å². The third-order valence-electron chi connectivity index (χ3n) is 2.94. The first-order valence-corrected chi connectivity index (χ1v) is 6.56. The highest BCUT2D eigenvalue weighted by molar-refractivity contribution is 6.11. The lowest BCUT2D eigenvalue weighted by Crippen LogP contribution is -2.03. The predicted octanol–water partition coefficient (Wildman–Crippen LogP) is 2.82. The Hall–Kier alpha value is -2.69. The zero-order chi connectivity index (χ0) is 15.4. The molecule has 0 heterocycles. The van der Waals surface area contributed by atoms with Crippen LogP contribution in [0.2, 0.25) is 0 Å². The number of ketones is 1. The lowest BCUT2D eigenvalue weighted by Gasteiger charge is -2.13. The van der Waals surface area contributed by atoms with Crippen LogP contribution in [0.15, 0.2) is 36.4 Å². The number of carbonyl (C=O) groups excluding carboxylic acids is 1. The fourth-order valence-electron chi connectivity index (χ4n) is 1.89. The van der Waals surface area contributed by atoms with E-state index in [9.17, 15) is 20.1 Å². The first-order chi connectivity index (χ1) is 10.1. The van der Waals surface area contributed by atoms with Crippen LogP contribution in [-0.2, 0) is 0 Å². The minimum Gasteiger partial charge on any atom is -0.504 e. The van der Waals surface area contributed by atoms with Crippen molar-refractivity contribution < 1.29 is 24.9 Å². The summed E-state index contributed by atoms with van der Waals surface area (Å²) in [7, 11) is 0. The van der Waals surface area contributed by atoms with Crippen LogP contribution < -0.4 is 4.74 Å². The van der Waals surface area contributed by atoms with E-state index in [-0.39, 0.29) is 17.9 Å². The molecule has 0 saturated heterocycles. The molecular formula is C16H16O5. The second-order valence-corrected chi connectivity index (χ2v) is 4.51. The number of ether oxygens (including phenoxy) is 1. The van der Waals surface area contributed by atoms with E-state index < -0.39 is 23.0 Å². The van der Waals surface area contributed by atoms with E-state index in [1.54, 1.807) is 30.3 Å². The van der Waals surface area contributed by atoms with Gasteiger partial charge >= 0.3 is 0 Å². The molecule has 0 aliphatic heterocycles. The molecular weight excluding hydrogens is 272 g/mol. The van der Waals surface area contributed by atoms with Crippen LogP contribution in [0.4, 0.5) is 0 Å². The number of carbonyl (C=O) groups is 1. The van der Waals surface area contributed by atoms with Gasteiger partial charge in [0.15, 0.2) is 17.3 Å². The predicted molar refractivity (Wildman–Crippen MR) is 77.1 cm³/mol. The maximum Gasteiger partial charge on any atom is 0.207 e. The summed E-state index contributed by atoms with van der Waals surface area (Å²) in [6.45, 7) is 2.13. The van der Waals surface area contributed by atoms with Crippen molar-refractivity contribution in [2.75, 3.05) is 6.61 Å². The largest absolute Gasteiger partial charge is 0.504 e. The molecule has 2 aromatic rings. The van der Waals surface area contributed by atoms with Crippen LogP contribution in [-0.4, -0.2) is 27.7 Å². The SMILES string of the molecule is CCCOc1c(O)cc(C(=O)c2ccccc2)c(O)c1O. The summed E-state index contributed by atoms with van der Waals surface area (Å²) in [5, 5.41) is 29.7. The van der Waals surface area contributed by atoms with Crippen molar-refractivity contribution in [1.82, 2.24) is 0 Å². The van der Waals surface area contributed by atoms with Crippen molar-refractivity contribution in [1.29, 1.82) is 0 Å². The fourth-order valence-corrected chi connectivity index (χ4v) is 1.89. The van der Waals surface area contributed by atoms with Gasteiger partial charge in [-0.3, -0.25) is 4.79 Å². The van der Waals surface area contributed by atoms with Gasteiger partial charge in [0.2, 0.25) is 11.5 Å². The molecule has 0 unspecified atom stereocenters. The number of hydrogen-bond donors (Lipinski definition) is 3. The fraction of sp³-hybridized carbons (Fsp3) is 0.188. The monoisotopic (exact) mass is 288 g/mol. The Bertz CT molecular complexity index is 649. The highest BCUT2D eigenvalue weighted by Gasteiger charge is 2.23. The van der Waals surface area contributed by atoms with Gasteiger partial charge < -0.3 is 20.1 Å². The molecule has 0 aliphatic rings. The molecule has 0 aliphatic carbocycles. The average molecular weight is 288 g/mol. The molecule has 0 spiro atoms. The summed E-state index contributed by atoms with van der Waals surface area (Å²) in [4.78, 5) is 12.3. The minimum atomic E-state index is -0.636. The quantitative estimate of drug-likeness (QED) is 0.447. The van der Waals surface area contributed by atoms with E-state index in [0.29, 0.717) is 12.0 Å². The minimum absolute atomic E-state index is 0.181. The standard InChI is InChI=1S/C16H16O5/c1-2-8-21-16-12(17)9-11(14(19)15(16)20)13(18)10-6-4-3-5-7-10/h3-7,9,17,19-20H,2,8H2,1H3. The number of benzene rings is 2. The molecule has 0 amide bonds. The van der Waals surface area contributed by atoms with E-state index in [1.807, 2.05) is 6.92 Å². The number of hydrogen-bond acceptors (Lipinski definition) is 5. The Balaban J connectivity index is 2.45. The number of phenols is 3. The van der Waals surface area contributed by atoms with Gasteiger partial charge in [-0.05, 0) is 12.5 Å². The first kappa shape index (κ1) is 14.7. The average Bonchev–Trinajstić information content (AvgIpc) is 2.51. The second-order valence-electron chi connectivity index (χ2n) is 4.51. The van der Waals surface area contributed by atoms with E-state index >= 15 is 0 Å². The lowest BCUT2D eigenvalue weighted by atomic mass is 10.0. The highest BCUT2D eigenvalue weighted by atomic mass is 16.5. The molecule has 0 atom stereocenters. The molecule has 0 bridgehead atoms. The molecule has 0 aromatic heterocycles. The molecule has 0 saturated carbocycles. The van der Waals surface area contributed by atoms with Crippen molar-refractivity contribution in [2.24, 2.45) is 0 Å². The van der Waals surface area contributed by atoms with Crippen LogP contribution in [0.1, 0.15) is 29.3 Å². The van der Waals surface area contributed by atoms with Crippen LogP contribution in [0.3, 0.4) is 0 Å². The van der Waals surface area contributed by atoms with Gasteiger partial charge in [-0.1, -0.05) is 37.3 Å². The molecule has 2 aromatic carbocycles. The Morgan fingerprint density at radius 3 is 2.38 bits per heavy atom. The molecule has 2 rings (SSSR count). The zero-order valence-corrected chi connectivity index (χ0v) is 11.5. The Morgan fingerprint density at radius 2 is 1.76 bits per heavy atom. The Kier molecular flexibility index (Phi) is 4.33. The van der Waals surface area contributed by atoms with Gasteiger partial charge in [-0.25, -0.2) is 0 Å². The van der Waals surface area contributed by atoms with Gasteiger partial charge in [0.25, 0.3) is 0 Å². The summed E-state index contributed by atoms with van der Waals surface area (Å²) in [5.74, 6) is -2.35. The third-order valence-corrected chi connectivity index (χ3v) is 2.94. The van der Waals surface area contributed by atoms with Crippen LogP contribution >= 0.6 is 0 Å². The van der Waals surface area contributed by atoms with Crippen molar-refractivity contribution in [2.45, 2.75) is 13.3 Å². The highest BCUT2D eigenvalue weighted by Crippen LogP contribution is 2.45. The molecule has 3 N–H and O–H groups in total. The normalized spacial score (nSPS) is 10.3. The molecule has 5 heteroatoms. The van der Waals surface area contributed by atoms with E-state index in [2.05, 4.69) is 0 Å². The molecule has 0 radical (unpaired) electrons. The zero-order valence-electron chi connectivity index (χ0n) is 11.5. The second kappa shape index (κ2) is 6.17. The lowest BCUT2D eigenvalue weighted by molar-refractivity contribution is 0.103. The van der Waals surface area contributed by atoms with Gasteiger partial charge in [0.1, 0.15) is 0 Å². The smallest absolute Gasteiger partial charge is 0.207 e. The maximum atomic E-state index is 12.3. The van der Waals surface area contributed by atoms with Crippen molar-refractivity contribution in [3.8, 4) is 23.0 Å². The summed E-state index contributed by atoms with van der Waals surface area (Å²) < 4.78 is 5.17. The van der Waals surface area contributed by atoms with Gasteiger partial charge in [-0.15, -0.1) is 0 Å². The Morgan fingerprint density at radius 1 is 1.10 bits per heavy atom. The number of rotatable bonds is 5. The van der Waals surface area contributed by atoms with Crippen molar-refractivity contribution in [3.05, 3.63) is 47.5 Å². The topological polar surface area (TPSA) is 87.0 Å². The van der Waals surface area contributed by atoms with E-state index in [1.165, 1.54) is 0 Å². The summed E-state index contributed by atoms with van der Waals surface area (Å²) in [6, 6.07) is 9.38. The van der Waals surface area contributed by atoms with Crippen LogP contribution in [0.5, 0.6) is 23.0 Å². The van der Waals surface area contributed by atoms with Crippen LogP contribution in [0.25, 0.3) is 0 Å². The van der Waals surface area contributed by atoms with Gasteiger partial charge in [0, 0.05) is 5.56 Å². The summed E-state index contributed by atoms with van der Waals surface area (Å²) in [6.07, 6.45) is 0.671. The molecule has 0 fully saturated rings. The van der Waals surface area contributed by atoms with Gasteiger partial charge in [-0.2, -0.15) is 0 Å². The number of aromatic hydroxyl groups is 3. The van der Waals surface area contributed by atoms with Crippen molar-refractivity contribution in [3.63, 3.8) is 0 Å². The van der Waals surface area contributed by atoms with Gasteiger partial charge in [0.05, 0.1) is 12.2 Å². The molecule has 5 nitrogen and oxygen atoms in total. The number of phenolic OH excluding ortho intramolecular Hbond substituents is 3. The van der Waals surface area contributed by atoms with Crippen molar-refractivity contribution >= 4 is 5.78 Å². The third kappa shape index (κ3) is 2.91. The summed E-state index contributed by atoms with van der Waals surface area (Å²) >= 11 is 0.